The average molecular weight is 311 g/mol. The first-order valence-corrected chi connectivity index (χ1v) is 6.37. The van der Waals surface area contributed by atoms with E-state index in [1.165, 1.54) is 12.1 Å². The fourth-order valence-electron chi connectivity index (χ4n) is 1.67. The fraction of sp³-hybridized carbons (Fsp3) is 0.0714. The molecule has 0 saturated heterocycles. The highest BCUT2D eigenvalue weighted by atomic mass is 32.1. The number of nitrogens with two attached hydrogens (primary N) is 1. The van der Waals surface area contributed by atoms with Crippen molar-refractivity contribution in [2.45, 2.75) is 6.18 Å². The van der Waals surface area contributed by atoms with Gasteiger partial charge >= 0.3 is 6.18 Å². The molecule has 0 aliphatic rings. The van der Waals surface area contributed by atoms with Gasteiger partial charge in [-0.25, -0.2) is 0 Å². The van der Waals surface area contributed by atoms with Crippen LogP contribution >= 0.6 is 12.2 Å². The summed E-state index contributed by atoms with van der Waals surface area (Å²) in [6.07, 6.45) is -4.39. The Hall–Kier alpha value is -2.28. The highest BCUT2D eigenvalue weighted by Crippen LogP contribution is 2.30. The Bertz CT molecular complexity index is 656. The molecule has 3 nitrogen and oxygen atoms in total. The normalized spacial score (nSPS) is 11.0. The van der Waals surface area contributed by atoms with Gasteiger partial charge in [-0.3, -0.25) is 0 Å². The lowest BCUT2D eigenvalue weighted by atomic mass is 10.2. The molecule has 0 unspecified atom stereocenters. The summed E-state index contributed by atoms with van der Waals surface area (Å²) in [5.41, 5.74) is 6.33. The standard InChI is InChI=1S/C14H12F3N3S/c15-14(16,17)9-4-3-5-10(8-9)19-13(21)20-12-7-2-1-6-11(12)18/h1-8H,18H2,(H2,19,20,21). The maximum atomic E-state index is 12.6. The van der Waals surface area contributed by atoms with Crippen LogP contribution in [0, 0.1) is 0 Å². The Labute approximate surface area is 125 Å². The van der Waals surface area contributed by atoms with Crippen molar-refractivity contribution >= 4 is 34.4 Å². The highest BCUT2D eigenvalue weighted by molar-refractivity contribution is 7.80. The Morgan fingerprint density at radius 2 is 1.71 bits per heavy atom. The summed E-state index contributed by atoms with van der Waals surface area (Å²) in [4.78, 5) is 0. The van der Waals surface area contributed by atoms with Crippen LogP contribution < -0.4 is 16.4 Å². The smallest absolute Gasteiger partial charge is 0.397 e. The zero-order valence-corrected chi connectivity index (χ0v) is 11.6. The van der Waals surface area contributed by atoms with E-state index in [1.807, 2.05) is 0 Å². The van der Waals surface area contributed by atoms with Crippen LogP contribution in [-0.2, 0) is 6.18 Å². The number of nitrogen functional groups attached to an aromatic ring is 1. The van der Waals surface area contributed by atoms with E-state index in [0.29, 0.717) is 11.4 Å². The Morgan fingerprint density at radius 3 is 2.38 bits per heavy atom. The molecule has 0 amide bonds. The molecule has 2 aromatic carbocycles. The van der Waals surface area contributed by atoms with Crippen molar-refractivity contribution < 1.29 is 13.2 Å². The molecule has 0 aliphatic carbocycles. The van der Waals surface area contributed by atoms with Gasteiger partial charge in [-0.15, -0.1) is 0 Å². The second-order valence-corrected chi connectivity index (χ2v) is 4.65. The Kier molecular flexibility index (Phi) is 4.32. The number of hydrogen-bond donors (Lipinski definition) is 3. The quantitative estimate of drug-likeness (QED) is 0.577. The van der Waals surface area contributed by atoms with Crippen molar-refractivity contribution in [2.24, 2.45) is 0 Å². The number of thiocarbonyl (C=S) groups is 1. The van der Waals surface area contributed by atoms with Gasteiger partial charge in [-0.05, 0) is 42.5 Å². The minimum atomic E-state index is -4.39. The molecule has 0 radical (unpaired) electrons. The molecular formula is C14H12F3N3S. The third-order valence-corrected chi connectivity index (χ3v) is 2.86. The minimum absolute atomic E-state index is 0.159. The first-order valence-electron chi connectivity index (χ1n) is 5.96. The summed E-state index contributed by atoms with van der Waals surface area (Å²) in [5, 5.41) is 5.69. The fourth-order valence-corrected chi connectivity index (χ4v) is 1.90. The largest absolute Gasteiger partial charge is 0.416 e. The number of anilines is 3. The number of alkyl halides is 3. The molecule has 2 rings (SSSR count). The second-order valence-electron chi connectivity index (χ2n) is 4.24. The number of para-hydroxylation sites is 2. The van der Waals surface area contributed by atoms with Gasteiger partial charge in [-0.1, -0.05) is 18.2 Å². The van der Waals surface area contributed by atoms with Crippen LogP contribution in [0.5, 0.6) is 0 Å². The van der Waals surface area contributed by atoms with Crippen molar-refractivity contribution in [3.63, 3.8) is 0 Å². The predicted molar refractivity (Wildman–Crippen MR) is 82.1 cm³/mol. The van der Waals surface area contributed by atoms with Crippen molar-refractivity contribution in [3.8, 4) is 0 Å². The highest BCUT2D eigenvalue weighted by Gasteiger charge is 2.30. The van der Waals surface area contributed by atoms with E-state index in [9.17, 15) is 13.2 Å². The molecule has 4 N–H and O–H groups in total. The number of benzene rings is 2. The molecule has 0 saturated carbocycles. The van der Waals surface area contributed by atoms with Crippen LogP contribution in [0.4, 0.5) is 30.2 Å². The van der Waals surface area contributed by atoms with E-state index in [4.69, 9.17) is 18.0 Å². The number of halogens is 3. The minimum Gasteiger partial charge on any atom is -0.397 e. The third kappa shape index (κ3) is 4.09. The molecule has 7 heteroatoms. The van der Waals surface area contributed by atoms with E-state index in [2.05, 4.69) is 10.6 Å². The van der Waals surface area contributed by atoms with Crippen molar-refractivity contribution in [1.82, 2.24) is 0 Å². The molecule has 0 bridgehead atoms. The lowest BCUT2D eigenvalue weighted by molar-refractivity contribution is -0.137. The maximum absolute atomic E-state index is 12.6. The number of rotatable bonds is 2. The van der Waals surface area contributed by atoms with Crippen LogP contribution in [0.2, 0.25) is 0 Å². The first kappa shape index (κ1) is 15.1. The van der Waals surface area contributed by atoms with Crippen LogP contribution in [0.25, 0.3) is 0 Å². The Balaban J connectivity index is 2.08. The van der Waals surface area contributed by atoms with Gasteiger partial charge in [0.25, 0.3) is 0 Å². The molecule has 2 aromatic rings. The number of nitrogens with one attached hydrogen (secondary N) is 2. The van der Waals surface area contributed by atoms with Crippen LogP contribution in [-0.4, -0.2) is 5.11 Å². The summed E-state index contributed by atoms with van der Waals surface area (Å²) in [6.45, 7) is 0. The molecule has 0 spiro atoms. The van der Waals surface area contributed by atoms with Gasteiger partial charge in [0, 0.05) is 5.69 Å². The van der Waals surface area contributed by atoms with Gasteiger partial charge in [0.15, 0.2) is 5.11 Å². The molecule has 0 atom stereocenters. The van der Waals surface area contributed by atoms with Gasteiger partial charge in [0.05, 0.1) is 16.9 Å². The molecule has 110 valence electrons. The van der Waals surface area contributed by atoms with Gasteiger partial charge in [-0.2, -0.15) is 13.2 Å². The summed E-state index contributed by atoms with van der Waals surface area (Å²) in [5.74, 6) is 0. The van der Waals surface area contributed by atoms with E-state index >= 15 is 0 Å². The summed E-state index contributed by atoms with van der Waals surface area (Å²) >= 11 is 5.06. The van der Waals surface area contributed by atoms with Gasteiger partial charge < -0.3 is 16.4 Å². The van der Waals surface area contributed by atoms with E-state index < -0.39 is 11.7 Å². The number of hydrogen-bond acceptors (Lipinski definition) is 2. The zero-order chi connectivity index (χ0) is 15.5. The molecule has 0 aromatic heterocycles. The van der Waals surface area contributed by atoms with Gasteiger partial charge in [0.2, 0.25) is 0 Å². The molecule has 0 aliphatic heterocycles. The summed E-state index contributed by atoms with van der Waals surface area (Å²) in [7, 11) is 0. The first-order chi connectivity index (χ1) is 9.86. The Morgan fingerprint density at radius 1 is 1.00 bits per heavy atom. The lowest BCUT2D eigenvalue weighted by Crippen LogP contribution is -2.20. The second kappa shape index (κ2) is 6.01. The maximum Gasteiger partial charge on any atom is 0.416 e. The van der Waals surface area contributed by atoms with Gasteiger partial charge in [0.1, 0.15) is 0 Å². The van der Waals surface area contributed by atoms with Crippen molar-refractivity contribution in [2.75, 3.05) is 16.4 Å². The molecule has 0 heterocycles. The van der Waals surface area contributed by atoms with Crippen LogP contribution in [0.15, 0.2) is 48.5 Å². The predicted octanol–water partition coefficient (Wildman–Crippen LogP) is 4.10. The molecular weight excluding hydrogens is 299 g/mol. The average Bonchev–Trinajstić information content (AvgIpc) is 2.41. The van der Waals surface area contributed by atoms with Crippen molar-refractivity contribution in [1.29, 1.82) is 0 Å². The third-order valence-electron chi connectivity index (χ3n) is 2.66. The van der Waals surface area contributed by atoms with Crippen LogP contribution in [0.1, 0.15) is 5.56 Å². The van der Waals surface area contributed by atoms with Crippen LogP contribution in [0.3, 0.4) is 0 Å². The van der Waals surface area contributed by atoms with E-state index in [-0.39, 0.29) is 10.8 Å². The monoisotopic (exact) mass is 311 g/mol. The SMILES string of the molecule is Nc1ccccc1NC(=S)Nc1cccc(C(F)(F)F)c1. The lowest BCUT2D eigenvalue weighted by Gasteiger charge is -2.13. The topological polar surface area (TPSA) is 50.1 Å². The molecule has 21 heavy (non-hydrogen) atoms. The zero-order valence-electron chi connectivity index (χ0n) is 10.7. The van der Waals surface area contributed by atoms with E-state index in [0.717, 1.165) is 12.1 Å². The van der Waals surface area contributed by atoms with Crippen molar-refractivity contribution in [3.05, 3.63) is 54.1 Å². The summed E-state index contributed by atoms with van der Waals surface area (Å²) in [6, 6.07) is 11.7. The summed E-state index contributed by atoms with van der Waals surface area (Å²) < 4.78 is 37.8. The molecule has 0 fully saturated rings. The van der Waals surface area contributed by atoms with E-state index in [1.54, 1.807) is 24.3 Å².